The molecule has 1 N–H and O–H groups in total. The van der Waals surface area contributed by atoms with Crippen LogP contribution >= 0.6 is 11.3 Å². The Hall–Kier alpha value is -1.20. The quantitative estimate of drug-likeness (QED) is 0.897. The molecule has 1 fully saturated rings. The maximum atomic E-state index is 4.45. The van der Waals surface area contributed by atoms with Crippen molar-refractivity contribution in [3.8, 4) is 0 Å². The molecular formula is C12H16N4S. The van der Waals surface area contributed by atoms with Crippen molar-refractivity contribution >= 4 is 27.4 Å². The zero-order valence-corrected chi connectivity index (χ0v) is 10.9. The molecular weight excluding hydrogens is 232 g/mol. The standard InChI is InChI=1S/C12H16N4S/c1-3-9-4-10-11(14-7-15-12(10)17-9)16(2)8-5-13-6-8/h4,7-8,13H,3,5-6H2,1-2H3. The van der Waals surface area contributed by atoms with Gasteiger partial charge in [0.25, 0.3) is 0 Å². The molecule has 3 rings (SSSR count). The highest BCUT2D eigenvalue weighted by atomic mass is 32.1. The summed E-state index contributed by atoms with van der Waals surface area (Å²) in [7, 11) is 2.12. The first-order valence-electron chi connectivity index (χ1n) is 5.96. The van der Waals surface area contributed by atoms with Gasteiger partial charge in [0, 0.05) is 25.0 Å². The van der Waals surface area contributed by atoms with Crippen LogP contribution in [0.25, 0.3) is 10.2 Å². The number of anilines is 1. The summed E-state index contributed by atoms with van der Waals surface area (Å²) in [5.74, 6) is 1.07. The number of thiophene rings is 1. The molecule has 2 aromatic heterocycles. The van der Waals surface area contributed by atoms with Gasteiger partial charge in [0.15, 0.2) is 0 Å². The van der Waals surface area contributed by atoms with Crippen LogP contribution in [0.1, 0.15) is 11.8 Å². The maximum Gasteiger partial charge on any atom is 0.140 e. The van der Waals surface area contributed by atoms with Gasteiger partial charge in [-0.2, -0.15) is 0 Å². The second kappa shape index (κ2) is 4.23. The van der Waals surface area contributed by atoms with Crippen LogP contribution in [-0.4, -0.2) is 36.1 Å². The van der Waals surface area contributed by atoms with Crippen molar-refractivity contribution < 1.29 is 0 Å². The second-order valence-electron chi connectivity index (χ2n) is 4.41. The minimum absolute atomic E-state index is 0.568. The van der Waals surface area contributed by atoms with E-state index < -0.39 is 0 Å². The molecule has 0 aliphatic carbocycles. The predicted molar refractivity (Wildman–Crippen MR) is 71.9 cm³/mol. The summed E-state index contributed by atoms with van der Waals surface area (Å²) in [6.07, 6.45) is 2.74. The van der Waals surface area contributed by atoms with Crippen molar-refractivity contribution in [3.63, 3.8) is 0 Å². The molecule has 5 heteroatoms. The molecule has 1 aliphatic rings. The van der Waals surface area contributed by atoms with E-state index in [-0.39, 0.29) is 0 Å². The van der Waals surface area contributed by atoms with E-state index in [1.807, 2.05) is 0 Å². The third kappa shape index (κ3) is 1.79. The second-order valence-corrected chi connectivity index (χ2v) is 5.52. The summed E-state index contributed by atoms with van der Waals surface area (Å²) in [5.41, 5.74) is 0. The summed E-state index contributed by atoms with van der Waals surface area (Å²) in [6, 6.07) is 2.80. The summed E-state index contributed by atoms with van der Waals surface area (Å²) in [4.78, 5) is 13.6. The van der Waals surface area contributed by atoms with E-state index in [4.69, 9.17) is 0 Å². The van der Waals surface area contributed by atoms with E-state index >= 15 is 0 Å². The van der Waals surface area contributed by atoms with Crippen molar-refractivity contribution in [1.82, 2.24) is 15.3 Å². The number of aryl methyl sites for hydroxylation is 1. The first-order chi connectivity index (χ1) is 8.29. The van der Waals surface area contributed by atoms with E-state index in [0.29, 0.717) is 6.04 Å². The zero-order chi connectivity index (χ0) is 11.8. The zero-order valence-electron chi connectivity index (χ0n) is 10.1. The third-order valence-electron chi connectivity index (χ3n) is 3.35. The molecule has 0 bridgehead atoms. The average molecular weight is 248 g/mol. The molecule has 90 valence electrons. The predicted octanol–water partition coefficient (Wildman–Crippen LogP) is 1.66. The van der Waals surface area contributed by atoms with E-state index in [1.54, 1.807) is 17.7 Å². The first kappa shape index (κ1) is 10.9. The fraction of sp³-hybridized carbons (Fsp3) is 0.500. The Balaban J connectivity index is 2.05. The molecule has 1 aliphatic heterocycles. The lowest BCUT2D eigenvalue weighted by molar-refractivity contribution is 0.427. The first-order valence-corrected chi connectivity index (χ1v) is 6.78. The molecule has 0 spiro atoms. The Morgan fingerprint density at radius 3 is 2.94 bits per heavy atom. The van der Waals surface area contributed by atoms with Gasteiger partial charge in [0.2, 0.25) is 0 Å². The Labute approximate surface area is 105 Å². The molecule has 2 aromatic rings. The van der Waals surface area contributed by atoms with Crippen LogP contribution < -0.4 is 10.2 Å². The Morgan fingerprint density at radius 2 is 2.29 bits per heavy atom. The normalized spacial score (nSPS) is 16.1. The summed E-state index contributed by atoms with van der Waals surface area (Å²) in [5, 5.41) is 4.49. The van der Waals surface area contributed by atoms with Gasteiger partial charge in [0.1, 0.15) is 17.0 Å². The van der Waals surface area contributed by atoms with Crippen LogP contribution in [0, 0.1) is 0 Å². The van der Waals surface area contributed by atoms with Crippen LogP contribution in [-0.2, 0) is 6.42 Å². The number of hydrogen-bond acceptors (Lipinski definition) is 5. The van der Waals surface area contributed by atoms with Crippen molar-refractivity contribution in [2.75, 3.05) is 25.0 Å². The van der Waals surface area contributed by atoms with E-state index in [9.17, 15) is 0 Å². The maximum absolute atomic E-state index is 4.45. The lowest BCUT2D eigenvalue weighted by Gasteiger charge is -2.36. The number of nitrogens with one attached hydrogen (secondary N) is 1. The van der Waals surface area contributed by atoms with Crippen molar-refractivity contribution in [3.05, 3.63) is 17.3 Å². The molecule has 0 aromatic carbocycles. The molecule has 1 saturated heterocycles. The number of nitrogens with zero attached hydrogens (tertiary/aromatic N) is 3. The average Bonchev–Trinajstić information content (AvgIpc) is 2.68. The molecule has 4 nitrogen and oxygen atoms in total. The van der Waals surface area contributed by atoms with Gasteiger partial charge < -0.3 is 10.2 Å². The molecule has 0 radical (unpaired) electrons. The monoisotopic (exact) mass is 248 g/mol. The molecule has 0 atom stereocenters. The smallest absolute Gasteiger partial charge is 0.140 e. The molecule has 0 saturated carbocycles. The summed E-state index contributed by atoms with van der Waals surface area (Å²) in [6.45, 7) is 4.27. The molecule has 3 heterocycles. The molecule has 0 amide bonds. The van der Waals surface area contributed by atoms with Crippen LogP contribution in [0.2, 0.25) is 0 Å². The SMILES string of the molecule is CCc1cc2c(N(C)C3CNC3)ncnc2s1. The lowest BCUT2D eigenvalue weighted by Crippen LogP contribution is -2.56. The highest BCUT2D eigenvalue weighted by molar-refractivity contribution is 7.18. The van der Waals surface area contributed by atoms with Crippen molar-refractivity contribution in [1.29, 1.82) is 0 Å². The molecule has 0 unspecified atom stereocenters. The number of likely N-dealkylation sites (N-methyl/N-ethyl adjacent to an activating group) is 1. The van der Waals surface area contributed by atoms with Crippen molar-refractivity contribution in [2.24, 2.45) is 0 Å². The van der Waals surface area contributed by atoms with E-state index in [0.717, 1.165) is 30.2 Å². The van der Waals surface area contributed by atoms with Gasteiger partial charge in [-0.25, -0.2) is 9.97 Å². The summed E-state index contributed by atoms with van der Waals surface area (Å²) >= 11 is 1.77. The van der Waals surface area contributed by atoms with Gasteiger partial charge in [0.05, 0.1) is 11.4 Å². The van der Waals surface area contributed by atoms with Crippen LogP contribution in [0.15, 0.2) is 12.4 Å². The highest BCUT2D eigenvalue weighted by Gasteiger charge is 2.24. The lowest BCUT2D eigenvalue weighted by atomic mass is 10.1. The largest absolute Gasteiger partial charge is 0.353 e. The van der Waals surface area contributed by atoms with Crippen LogP contribution in [0.3, 0.4) is 0 Å². The van der Waals surface area contributed by atoms with Crippen LogP contribution in [0.5, 0.6) is 0 Å². The topological polar surface area (TPSA) is 41.0 Å². The van der Waals surface area contributed by atoms with Crippen LogP contribution in [0.4, 0.5) is 5.82 Å². The fourth-order valence-electron chi connectivity index (χ4n) is 2.07. The fourth-order valence-corrected chi connectivity index (χ4v) is 3.00. The molecule has 17 heavy (non-hydrogen) atoms. The number of rotatable bonds is 3. The Bertz CT molecular complexity index is 532. The number of hydrogen-bond donors (Lipinski definition) is 1. The van der Waals surface area contributed by atoms with E-state index in [2.05, 4.69) is 40.2 Å². The Kier molecular flexibility index (Phi) is 2.72. The van der Waals surface area contributed by atoms with Gasteiger partial charge in [-0.3, -0.25) is 0 Å². The van der Waals surface area contributed by atoms with Gasteiger partial charge >= 0.3 is 0 Å². The number of aromatic nitrogens is 2. The third-order valence-corrected chi connectivity index (χ3v) is 4.54. The number of fused-ring (bicyclic) bond motifs is 1. The minimum Gasteiger partial charge on any atom is -0.353 e. The van der Waals surface area contributed by atoms with Crippen molar-refractivity contribution in [2.45, 2.75) is 19.4 Å². The van der Waals surface area contributed by atoms with Gasteiger partial charge in [-0.05, 0) is 12.5 Å². The summed E-state index contributed by atoms with van der Waals surface area (Å²) < 4.78 is 0. The van der Waals surface area contributed by atoms with Gasteiger partial charge in [-0.15, -0.1) is 11.3 Å². The minimum atomic E-state index is 0.568. The highest BCUT2D eigenvalue weighted by Crippen LogP contribution is 2.30. The van der Waals surface area contributed by atoms with Gasteiger partial charge in [-0.1, -0.05) is 6.92 Å². The van der Waals surface area contributed by atoms with E-state index in [1.165, 1.54) is 10.3 Å². The Morgan fingerprint density at radius 1 is 1.47 bits per heavy atom.